The number of nitrogens with two attached hydrogens (primary N) is 1. The summed E-state index contributed by atoms with van der Waals surface area (Å²) < 4.78 is 5.64. The van der Waals surface area contributed by atoms with Crippen LogP contribution in [0.15, 0.2) is 30.3 Å². The van der Waals surface area contributed by atoms with Crippen molar-refractivity contribution in [1.29, 1.82) is 0 Å². The number of halogens is 1. The number of rotatable bonds is 8. The quantitative estimate of drug-likeness (QED) is 0.658. The molecule has 1 aromatic carbocycles. The highest BCUT2D eigenvalue weighted by Gasteiger charge is 2.17. The largest absolute Gasteiger partial charge is 0.489 e. The fourth-order valence-electron chi connectivity index (χ4n) is 1.68. The maximum atomic E-state index is 11.7. The number of nitrogens with one attached hydrogen (secondary N) is 2. The third-order valence-electron chi connectivity index (χ3n) is 3.11. The average Bonchev–Trinajstić information content (AvgIpc) is 2.50. The van der Waals surface area contributed by atoms with Crippen LogP contribution in [-0.2, 0) is 9.59 Å². The number of ether oxygens (including phenoxy) is 1. The number of carbonyl (C=O) groups is 2. The van der Waals surface area contributed by atoms with Gasteiger partial charge >= 0.3 is 0 Å². The number of amides is 2. The summed E-state index contributed by atoms with van der Waals surface area (Å²) in [6, 6.07) is 8.78. The Labute approximate surface area is 143 Å². The molecule has 2 amide bonds. The molecule has 4 N–H and O–H groups in total. The lowest BCUT2D eigenvalue weighted by Gasteiger charge is -2.17. The van der Waals surface area contributed by atoms with E-state index < -0.39 is 6.04 Å². The van der Waals surface area contributed by atoms with Crippen LogP contribution in [0.2, 0.25) is 0 Å². The van der Waals surface area contributed by atoms with Gasteiger partial charge in [-0.2, -0.15) is 0 Å². The molecule has 0 aromatic heterocycles. The summed E-state index contributed by atoms with van der Waals surface area (Å²) in [4.78, 5) is 23.3. The third-order valence-corrected chi connectivity index (χ3v) is 3.11. The number of hydrogen-bond donors (Lipinski definition) is 3. The van der Waals surface area contributed by atoms with Gasteiger partial charge in [-0.15, -0.1) is 12.4 Å². The van der Waals surface area contributed by atoms with Crippen molar-refractivity contribution in [3.05, 3.63) is 30.3 Å². The number of carbonyl (C=O) groups excluding carboxylic acids is 2. The van der Waals surface area contributed by atoms with Gasteiger partial charge in [0.25, 0.3) is 0 Å². The first kappa shape index (κ1) is 21.2. The molecule has 0 spiro atoms. The smallest absolute Gasteiger partial charge is 0.239 e. The molecule has 1 aromatic rings. The summed E-state index contributed by atoms with van der Waals surface area (Å²) >= 11 is 0. The molecule has 130 valence electrons. The summed E-state index contributed by atoms with van der Waals surface area (Å²) in [6.07, 6.45) is -0.167. The fraction of sp³-hybridized carbons (Fsp3) is 0.500. The van der Waals surface area contributed by atoms with Crippen molar-refractivity contribution in [2.75, 3.05) is 13.1 Å². The Bertz CT molecular complexity index is 483. The SMILES string of the molecule is CC(CNC(=O)CNC(=O)[C@@H](N)C(C)C)Oc1ccccc1.Cl. The van der Waals surface area contributed by atoms with Crippen molar-refractivity contribution < 1.29 is 14.3 Å². The maximum absolute atomic E-state index is 11.7. The molecule has 2 atom stereocenters. The van der Waals surface area contributed by atoms with E-state index in [-0.39, 0.29) is 42.8 Å². The van der Waals surface area contributed by atoms with E-state index in [0.717, 1.165) is 5.75 Å². The van der Waals surface area contributed by atoms with Crippen LogP contribution in [-0.4, -0.2) is 37.0 Å². The number of benzene rings is 1. The Morgan fingerprint density at radius 2 is 1.74 bits per heavy atom. The van der Waals surface area contributed by atoms with E-state index in [2.05, 4.69) is 10.6 Å². The van der Waals surface area contributed by atoms with Gasteiger partial charge in [0.15, 0.2) is 0 Å². The summed E-state index contributed by atoms with van der Waals surface area (Å²) in [5.41, 5.74) is 5.69. The van der Waals surface area contributed by atoms with E-state index in [0.29, 0.717) is 6.54 Å². The van der Waals surface area contributed by atoms with Crippen LogP contribution in [0.1, 0.15) is 20.8 Å². The standard InChI is InChI=1S/C16H25N3O3.ClH/c1-11(2)15(17)16(21)19-10-14(20)18-9-12(3)22-13-7-5-4-6-8-13;/h4-8,11-12,15H,9-10,17H2,1-3H3,(H,18,20)(H,19,21);1H/t12?,15-;/m0./s1. The van der Waals surface area contributed by atoms with Crippen molar-refractivity contribution in [2.24, 2.45) is 11.7 Å². The van der Waals surface area contributed by atoms with Gasteiger partial charge in [-0.3, -0.25) is 9.59 Å². The Balaban J connectivity index is 0.00000484. The van der Waals surface area contributed by atoms with Crippen LogP contribution in [0, 0.1) is 5.92 Å². The highest BCUT2D eigenvalue weighted by atomic mass is 35.5. The first-order valence-electron chi connectivity index (χ1n) is 7.42. The Morgan fingerprint density at radius 3 is 2.30 bits per heavy atom. The summed E-state index contributed by atoms with van der Waals surface area (Å²) in [5.74, 6) is 0.189. The molecule has 1 rings (SSSR count). The predicted octanol–water partition coefficient (Wildman–Crippen LogP) is 1.09. The minimum absolute atomic E-state index is 0. The van der Waals surface area contributed by atoms with E-state index >= 15 is 0 Å². The molecular formula is C16H26ClN3O3. The van der Waals surface area contributed by atoms with Crippen molar-refractivity contribution in [1.82, 2.24) is 10.6 Å². The fourth-order valence-corrected chi connectivity index (χ4v) is 1.68. The molecule has 0 aliphatic heterocycles. The van der Waals surface area contributed by atoms with Gasteiger partial charge in [0.05, 0.1) is 19.1 Å². The molecule has 1 unspecified atom stereocenters. The predicted molar refractivity (Wildman–Crippen MR) is 92.6 cm³/mol. The average molecular weight is 344 g/mol. The Hall–Kier alpha value is -1.79. The summed E-state index contributed by atoms with van der Waals surface area (Å²) in [6.45, 7) is 5.84. The molecular weight excluding hydrogens is 318 g/mol. The molecule has 0 bridgehead atoms. The molecule has 0 aliphatic rings. The summed E-state index contributed by atoms with van der Waals surface area (Å²) in [5, 5.41) is 5.23. The molecule has 7 heteroatoms. The van der Waals surface area contributed by atoms with Crippen molar-refractivity contribution in [3.63, 3.8) is 0 Å². The molecule has 0 saturated heterocycles. The van der Waals surface area contributed by atoms with Crippen LogP contribution in [0.3, 0.4) is 0 Å². The minimum atomic E-state index is -0.604. The van der Waals surface area contributed by atoms with Crippen LogP contribution in [0.5, 0.6) is 5.75 Å². The first-order chi connectivity index (χ1) is 10.4. The topological polar surface area (TPSA) is 93.5 Å². The second-order valence-electron chi connectivity index (χ2n) is 5.53. The molecule has 0 aliphatic carbocycles. The van der Waals surface area contributed by atoms with Gasteiger partial charge in [-0.05, 0) is 25.0 Å². The summed E-state index contributed by atoms with van der Waals surface area (Å²) in [7, 11) is 0. The van der Waals surface area contributed by atoms with Gasteiger partial charge in [-0.1, -0.05) is 32.0 Å². The Kier molecular flexibility index (Phi) is 10.0. The lowest BCUT2D eigenvalue weighted by molar-refractivity contribution is -0.127. The number of para-hydroxylation sites is 1. The van der Waals surface area contributed by atoms with Crippen LogP contribution in [0.25, 0.3) is 0 Å². The van der Waals surface area contributed by atoms with Crippen LogP contribution >= 0.6 is 12.4 Å². The highest BCUT2D eigenvalue weighted by molar-refractivity contribution is 5.87. The van der Waals surface area contributed by atoms with Gasteiger partial charge in [0.1, 0.15) is 11.9 Å². The molecule has 23 heavy (non-hydrogen) atoms. The lowest BCUT2D eigenvalue weighted by Crippen LogP contribution is -2.47. The van der Waals surface area contributed by atoms with Crippen molar-refractivity contribution in [3.8, 4) is 5.75 Å². The second kappa shape index (κ2) is 10.9. The highest BCUT2D eigenvalue weighted by Crippen LogP contribution is 2.10. The monoisotopic (exact) mass is 343 g/mol. The van der Waals surface area contributed by atoms with E-state index in [9.17, 15) is 9.59 Å². The van der Waals surface area contributed by atoms with E-state index in [1.54, 1.807) is 0 Å². The molecule has 0 radical (unpaired) electrons. The first-order valence-corrected chi connectivity index (χ1v) is 7.42. The van der Waals surface area contributed by atoms with Crippen molar-refractivity contribution >= 4 is 24.2 Å². The normalized spacial score (nSPS) is 12.7. The van der Waals surface area contributed by atoms with Gasteiger partial charge < -0.3 is 21.1 Å². The van der Waals surface area contributed by atoms with Crippen LogP contribution in [0.4, 0.5) is 0 Å². The van der Waals surface area contributed by atoms with E-state index in [1.807, 2.05) is 51.1 Å². The zero-order valence-corrected chi connectivity index (χ0v) is 14.6. The maximum Gasteiger partial charge on any atom is 0.239 e. The second-order valence-corrected chi connectivity index (χ2v) is 5.53. The zero-order valence-electron chi connectivity index (χ0n) is 13.7. The molecule has 0 fully saturated rings. The number of hydrogen-bond acceptors (Lipinski definition) is 4. The van der Waals surface area contributed by atoms with Gasteiger partial charge in [0, 0.05) is 0 Å². The van der Waals surface area contributed by atoms with Gasteiger partial charge in [-0.25, -0.2) is 0 Å². The zero-order chi connectivity index (χ0) is 16.5. The molecule has 0 heterocycles. The third kappa shape index (κ3) is 8.42. The molecule has 6 nitrogen and oxygen atoms in total. The van der Waals surface area contributed by atoms with Gasteiger partial charge in [0.2, 0.25) is 11.8 Å². The minimum Gasteiger partial charge on any atom is -0.489 e. The van der Waals surface area contributed by atoms with Crippen LogP contribution < -0.4 is 21.1 Å². The van der Waals surface area contributed by atoms with Crippen molar-refractivity contribution in [2.45, 2.75) is 32.9 Å². The van der Waals surface area contributed by atoms with E-state index in [4.69, 9.17) is 10.5 Å². The lowest BCUT2D eigenvalue weighted by atomic mass is 10.1. The van der Waals surface area contributed by atoms with E-state index in [1.165, 1.54) is 0 Å². The Morgan fingerprint density at radius 1 is 1.13 bits per heavy atom. The molecule has 0 saturated carbocycles.